The monoisotopic (exact) mass is 218 g/mol. The van der Waals surface area contributed by atoms with Crippen molar-refractivity contribution in [3.8, 4) is 0 Å². The fourth-order valence-corrected chi connectivity index (χ4v) is 0.275. The van der Waals surface area contributed by atoms with Crippen molar-refractivity contribution in [1.29, 1.82) is 0 Å². The van der Waals surface area contributed by atoms with E-state index in [1.165, 1.54) is 0 Å². The average Bonchev–Trinajstić information content (AvgIpc) is 1.67. The summed E-state index contributed by atoms with van der Waals surface area (Å²) in [6, 6.07) is 0. The molecule has 0 rings (SSSR count). The van der Waals surface area contributed by atoms with Crippen LogP contribution >= 0.6 is 0 Å². The second-order valence-corrected chi connectivity index (χ2v) is 1.72. The van der Waals surface area contributed by atoms with Gasteiger partial charge in [0, 0.05) is 5.95 Å². The van der Waals surface area contributed by atoms with Crippen molar-refractivity contribution in [3.05, 3.63) is 11.5 Å². The summed E-state index contributed by atoms with van der Waals surface area (Å²) in [5.74, 6) is -0.201. The predicted octanol–water partition coefficient (Wildman–Crippen LogP) is -2.74. The number of rotatable bonds is 2. The standard InChI is InChI=1S/C6H12O2.BrH.Mg/c1-4-8-6(7)5(2)3;;/h7H,4H2,1-3H3;1H;/q;;+2/p-2. The molecule has 0 bridgehead atoms. The maximum Gasteiger partial charge on any atom is 2.00 e. The molecule has 0 saturated carbocycles. The second-order valence-electron chi connectivity index (χ2n) is 1.72. The molecular formula is C6H11BrMgO2. The van der Waals surface area contributed by atoms with Gasteiger partial charge in [0.15, 0.2) is 0 Å². The van der Waals surface area contributed by atoms with E-state index < -0.39 is 0 Å². The molecule has 0 N–H and O–H groups in total. The maximum atomic E-state index is 10.5. The average molecular weight is 219 g/mol. The minimum Gasteiger partial charge on any atom is -1.00 e. The van der Waals surface area contributed by atoms with Crippen LogP contribution in [-0.2, 0) is 4.74 Å². The summed E-state index contributed by atoms with van der Waals surface area (Å²) in [5, 5.41) is 10.5. The van der Waals surface area contributed by atoms with Crippen molar-refractivity contribution in [3.63, 3.8) is 0 Å². The molecule has 0 aromatic heterocycles. The van der Waals surface area contributed by atoms with Crippen LogP contribution < -0.4 is 22.1 Å². The molecule has 56 valence electrons. The SMILES string of the molecule is CCOC([O-])=C(C)C.[Br-].[Mg+2]. The summed E-state index contributed by atoms with van der Waals surface area (Å²) in [6.45, 7) is 5.72. The van der Waals surface area contributed by atoms with E-state index in [9.17, 15) is 5.11 Å². The fourth-order valence-electron chi connectivity index (χ4n) is 0.275. The third-order valence-corrected chi connectivity index (χ3v) is 0.684. The molecule has 0 fully saturated rings. The molecule has 0 aromatic rings. The van der Waals surface area contributed by atoms with Crippen LogP contribution in [0.3, 0.4) is 0 Å². The zero-order chi connectivity index (χ0) is 6.57. The van der Waals surface area contributed by atoms with Crippen molar-refractivity contribution in [2.75, 3.05) is 6.61 Å². The number of ether oxygens (including phenoxy) is 1. The second kappa shape index (κ2) is 9.59. The van der Waals surface area contributed by atoms with E-state index in [1.807, 2.05) is 0 Å². The van der Waals surface area contributed by atoms with Gasteiger partial charge in [-0.05, 0) is 20.5 Å². The largest absolute Gasteiger partial charge is 2.00 e. The third kappa shape index (κ3) is 8.59. The Morgan fingerprint density at radius 2 is 1.80 bits per heavy atom. The molecule has 0 heterocycles. The number of hydrogen-bond donors (Lipinski definition) is 0. The topological polar surface area (TPSA) is 32.3 Å². The van der Waals surface area contributed by atoms with Crippen LogP contribution in [0, 0.1) is 0 Å². The summed E-state index contributed by atoms with van der Waals surface area (Å²) >= 11 is 0. The van der Waals surface area contributed by atoms with E-state index in [4.69, 9.17) is 0 Å². The van der Waals surface area contributed by atoms with Crippen LogP contribution in [0.25, 0.3) is 0 Å². The quantitative estimate of drug-likeness (QED) is 0.373. The summed E-state index contributed by atoms with van der Waals surface area (Å²) in [5.41, 5.74) is 0.701. The molecule has 2 nitrogen and oxygen atoms in total. The summed E-state index contributed by atoms with van der Waals surface area (Å²) in [6.07, 6.45) is 0. The first-order valence-electron chi connectivity index (χ1n) is 2.65. The molecule has 0 saturated heterocycles. The van der Waals surface area contributed by atoms with Gasteiger partial charge < -0.3 is 26.8 Å². The van der Waals surface area contributed by atoms with E-state index in [0.29, 0.717) is 12.2 Å². The van der Waals surface area contributed by atoms with Gasteiger partial charge in [-0.25, -0.2) is 0 Å². The van der Waals surface area contributed by atoms with Crippen molar-refractivity contribution < 1.29 is 26.8 Å². The Morgan fingerprint density at radius 3 is 1.90 bits per heavy atom. The third-order valence-electron chi connectivity index (χ3n) is 0.684. The van der Waals surface area contributed by atoms with Crippen molar-refractivity contribution >= 4 is 23.1 Å². The van der Waals surface area contributed by atoms with Gasteiger partial charge in [-0.15, -0.1) is 0 Å². The first kappa shape index (κ1) is 16.9. The van der Waals surface area contributed by atoms with Crippen molar-refractivity contribution in [2.45, 2.75) is 20.8 Å². The zero-order valence-corrected chi connectivity index (χ0v) is 9.61. The molecule has 0 aromatic carbocycles. The van der Waals surface area contributed by atoms with Gasteiger partial charge >= 0.3 is 23.1 Å². The zero-order valence-electron chi connectivity index (χ0n) is 6.61. The summed E-state index contributed by atoms with van der Waals surface area (Å²) < 4.78 is 4.63. The van der Waals surface area contributed by atoms with Gasteiger partial charge in [-0.3, -0.25) is 0 Å². The van der Waals surface area contributed by atoms with Crippen LogP contribution in [0.2, 0.25) is 0 Å². The molecule has 0 spiro atoms. The molecule has 0 aliphatic carbocycles. The van der Waals surface area contributed by atoms with Crippen molar-refractivity contribution in [2.24, 2.45) is 0 Å². The van der Waals surface area contributed by atoms with E-state index in [0.717, 1.165) is 0 Å². The summed E-state index contributed by atoms with van der Waals surface area (Å²) in [7, 11) is 0. The Morgan fingerprint density at radius 1 is 1.40 bits per heavy atom. The molecule has 4 heteroatoms. The normalized spacial score (nSPS) is 6.70. The Balaban J connectivity index is -0.000000245. The number of halogens is 1. The van der Waals surface area contributed by atoms with E-state index in [1.54, 1.807) is 20.8 Å². The van der Waals surface area contributed by atoms with Gasteiger partial charge in [0.05, 0.1) is 0 Å². The predicted molar refractivity (Wildman–Crippen MR) is 35.8 cm³/mol. The molecule has 10 heavy (non-hydrogen) atoms. The first-order chi connectivity index (χ1) is 3.68. The van der Waals surface area contributed by atoms with Crippen LogP contribution in [0.4, 0.5) is 0 Å². The smallest absolute Gasteiger partial charge is 1.00 e. The van der Waals surface area contributed by atoms with Gasteiger partial charge in [-0.1, -0.05) is 12.5 Å². The Labute approximate surface area is 88.6 Å². The molecule has 0 amide bonds. The Bertz CT molecular complexity index is 99.9. The fraction of sp³-hybridized carbons (Fsp3) is 0.667. The minimum atomic E-state index is -0.201. The van der Waals surface area contributed by atoms with Gasteiger partial charge in [0.2, 0.25) is 0 Å². The first-order valence-corrected chi connectivity index (χ1v) is 2.65. The molecule has 0 unspecified atom stereocenters. The number of allylic oxidation sites excluding steroid dienone is 1. The molecule has 0 atom stereocenters. The molecule has 0 aliphatic heterocycles. The summed E-state index contributed by atoms with van der Waals surface area (Å²) in [4.78, 5) is 0. The van der Waals surface area contributed by atoms with Crippen molar-refractivity contribution in [1.82, 2.24) is 0 Å². The van der Waals surface area contributed by atoms with E-state index in [-0.39, 0.29) is 46.0 Å². The van der Waals surface area contributed by atoms with Crippen LogP contribution in [0.15, 0.2) is 11.5 Å². The van der Waals surface area contributed by atoms with E-state index in [2.05, 4.69) is 4.74 Å². The Kier molecular flexibility index (Phi) is 16.2. The molecule has 0 radical (unpaired) electrons. The number of hydrogen-bond acceptors (Lipinski definition) is 2. The Hall–Kier alpha value is 0.586. The van der Waals surface area contributed by atoms with Crippen LogP contribution in [-0.4, -0.2) is 29.7 Å². The molecular weight excluding hydrogens is 208 g/mol. The van der Waals surface area contributed by atoms with Gasteiger partial charge in [-0.2, -0.15) is 0 Å². The van der Waals surface area contributed by atoms with Gasteiger partial charge in [0.25, 0.3) is 0 Å². The minimum absolute atomic E-state index is 0. The van der Waals surface area contributed by atoms with E-state index >= 15 is 0 Å². The molecule has 0 aliphatic rings. The van der Waals surface area contributed by atoms with Crippen LogP contribution in [0.5, 0.6) is 0 Å². The maximum absolute atomic E-state index is 10.5. The van der Waals surface area contributed by atoms with Crippen LogP contribution in [0.1, 0.15) is 20.8 Å². The van der Waals surface area contributed by atoms with Gasteiger partial charge in [0.1, 0.15) is 0 Å².